The van der Waals surface area contributed by atoms with Gasteiger partial charge in [-0.25, -0.2) is 0 Å². The van der Waals surface area contributed by atoms with Gasteiger partial charge in [-0.2, -0.15) is 23.1 Å². The molecule has 0 saturated heterocycles. The SMILES string of the molecule is CC(CCN)SCc1ccsc1. The average molecular weight is 201 g/mol. The molecule has 1 aromatic rings. The van der Waals surface area contributed by atoms with Crippen LogP contribution in [0.1, 0.15) is 18.9 Å². The second-order valence-corrected chi connectivity index (χ2v) is 5.04. The first kappa shape index (κ1) is 10.1. The molecule has 0 aliphatic rings. The van der Waals surface area contributed by atoms with Crippen LogP contribution in [0.25, 0.3) is 0 Å². The van der Waals surface area contributed by atoms with Crippen molar-refractivity contribution in [3.8, 4) is 0 Å². The van der Waals surface area contributed by atoms with E-state index in [2.05, 4.69) is 23.8 Å². The lowest BCUT2D eigenvalue weighted by molar-refractivity contribution is 0.823. The Morgan fingerprint density at radius 1 is 1.67 bits per heavy atom. The maximum Gasteiger partial charge on any atom is 0.0195 e. The van der Waals surface area contributed by atoms with Crippen LogP contribution in [-0.2, 0) is 5.75 Å². The number of rotatable bonds is 5. The van der Waals surface area contributed by atoms with Gasteiger partial charge in [0.15, 0.2) is 0 Å². The molecule has 2 N–H and O–H groups in total. The topological polar surface area (TPSA) is 26.0 Å². The second-order valence-electron chi connectivity index (χ2n) is 2.83. The van der Waals surface area contributed by atoms with Gasteiger partial charge in [-0.05, 0) is 35.4 Å². The van der Waals surface area contributed by atoms with E-state index in [1.165, 1.54) is 5.56 Å². The molecule has 0 aliphatic heterocycles. The standard InChI is InChI=1S/C9H15NS2/c1-8(2-4-10)12-7-9-3-5-11-6-9/h3,5-6,8H,2,4,7,10H2,1H3. The molecule has 0 radical (unpaired) electrons. The Balaban J connectivity index is 2.17. The van der Waals surface area contributed by atoms with Crippen molar-refractivity contribution < 1.29 is 0 Å². The van der Waals surface area contributed by atoms with Gasteiger partial charge < -0.3 is 5.73 Å². The van der Waals surface area contributed by atoms with Crippen LogP contribution in [0.2, 0.25) is 0 Å². The fraction of sp³-hybridized carbons (Fsp3) is 0.556. The first-order valence-electron chi connectivity index (χ1n) is 4.15. The van der Waals surface area contributed by atoms with Gasteiger partial charge in [0, 0.05) is 11.0 Å². The van der Waals surface area contributed by atoms with E-state index in [1.807, 2.05) is 11.8 Å². The van der Waals surface area contributed by atoms with Crippen molar-refractivity contribution >= 4 is 23.1 Å². The Bertz CT molecular complexity index is 196. The van der Waals surface area contributed by atoms with Gasteiger partial charge in [0.05, 0.1) is 0 Å². The zero-order valence-corrected chi connectivity index (χ0v) is 8.96. The summed E-state index contributed by atoms with van der Waals surface area (Å²) < 4.78 is 0. The molecule has 0 amide bonds. The van der Waals surface area contributed by atoms with Crippen molar-refractivity contribution in [3.05, 3.63) is 22.4 Å². The highest BCUT2D eigenvalue weighted by Crippen LogP contribution is 2.20. The van der Waals surface area contributed by atoms with E-state index in [4.69, 9.17) is 5.73 Å². The summed E-state index contributed by atoms with van der Waals surface area (Å²) in [6.45, 7) is 3.04. The predicted molar refractivity (Wildman–Crippen MR) is 58.7 cm³/mol. The summed E-state index contributed by atoms with van der Waals surface area (Å²) in [5.74, 6) is 1.13. The average Bonchev–Trinajstić information content (AvgIpc) is 2.53. The van der Waals surface area contributed by atoms with Crippen LogP contribution in [0, 0.1) is 0 Å². The fourth-order valence-corrected chi connectivity index (χ4v) is 2.66. The van der Waals surface area contributed by atoms with Crippen molar-refractivity contribution in [2.45, 2.75) is 24.3 Å². The molecule has 0 fully saturated rings. The minimum Gasteiger partial charge on any atom is -0.330 e. The van der Waals surface area contributed by atoms with Crippen molar-refractivity contribution in [1.29, 1.82) is 0 Å². The third-order valence-electron chi connectivity index (χ3n) is 1.69. The summed E-state index contributed by atoms with van der Waals surface area (Å²) >= 11 is 3.75. The summed E-state index contributed by atoms with van der Waals surface area (Å²) in [4.78, 5) is 0. The van der Waals surface area contributed by atoms with Gasteiger partial charge in [0.2, 0.25) is 0 Å². The Kier molecular flexibility index (Phi) is 4.73. The number of thiophene rings is 1. The van der Waals surface area contributed by atoms with E-state index in [-0.39, 0.29) is 0 Å². The summed E-state index contributed by atoms with van der Waals surface area (Å²) in [6, 6.07) is 2.19. The second kappa shape index (κ2) is 5.62. The minimum absolute atomic E-state index is 0.690. The van der Waals surface area contributed by atoms with Crippen molar-refractivity contribution in [2.24, 2.45) is 5.73 Å². The lowest BCUT2D eigenvalue weighted by Gasteiger charge is -2.07. The van der Waals surface area contributed by atoms with E-state index in [9.17, 15) is 0 Å². The number of hydrogen-bond acceptors (Lipinski definition) is 3. The highest BCUT2D eigenvalue weighted by atomic mass is 32.2. The molecule has 12 heavy (non-hydrogen) atoms. The molecule has 1 aromatic heterocycles. The Labute approximate surface area is 82.4 Å². The van der Waals surface area contributed by atoms with Crippen LogP contribution in [0.4, 0.5) is 0 Å². The third kappa shape index (κ3) is 3.61. The summed E-state index contributed by atoms with van der Waals surface area (Å²) in [5, 5.41) is 5.03. The molecule has 0 spiro atoms. The number of hydrogen-bond donors (Lipinski definition) is 1. The molecule has 0 aliphatic carbocycles. The zero-order chi connectivity index (χ0) is 8.81. The van der Waals surface area contributed by atoms with Crippen LogP contribution < -0.4 is 5.73 Å². The van der Waals surface area contributed by atoms with Crippen molar-refractivity contribution in [3.63, 3.8) is 0 Å². The minimum atomic E-state index is 0.690. The summed E-state index contributed by atoms with van der Waals surface area (Å²) in [5.41, 5.74) is 6.91. The van der Waals surface area contributed by atoms with Crippen LogP contribution in [0.5, 0.6) is 0 Å². The van der Waals surface area contributed by atoms with Crippen LogP contribution in [0.3, 0.4) is 0 Å². The third-order valence-corrected chi connectivity index (χ3v) is 3.72. The molecule has 1 heterocycles. The zero-order valence-electron chi connectivity index (χ0n) is 7.32. The highest BCUT2D eigenvalue weighted by molar-refractivity contribution is 7.99. The maximum absolute atomic E-state index is 5.47. The van der Waals surface area contributed by atoms with Crippen LogP contribution in [-0.4, -0.2) is 11.8 Å². The van der Waals surface area contributed by atoms with Crippen LogP contribution >= 0.6 is 23.1 Å². The summed E-state index contributed by atoms with van der Waals surface area (Å²) in [6.07, 6.45) is 1.12. The monoisotopic (exact) mass is 201 g/mol. The normalized spacial score (nSPS) is 13.2. The Morgan fingerprint density at radius 2 is 2.50 bits per heavy atom. The molecular formula is C9H15NS2. The lowest BCUT2D eigenvalue weighted by atomic mass is 10.3. The lowest BCUT2D eigenvalue weighted by Crippen LogP contribution is -2.06. The molecule has 1 nitrogen and oxygen atoms in total. The van der Waals surface area contributed by atoms with Gasteiger partial charge in [-0.1, -0.05) is 6.92 Å². The van der Waals surface area contributed by atoms with Gasteiger partial charge in [-0.3, -0.25) is 0 Å². The van der Waals surface area contributed by atoms with Crippen LogP contribution in [0.15, 0.2) is 16.8 Å². The number of thioether (sulfide) groups is 1. The van der Waals surface area contributed by atoms with E-state index in [0.717, 1.165) is 18.7 Å². The van der Waals surface area contributed by atoms with Crippen molar-refractivity contribution in [1.82, 2.24) is 0 Å². The molecule has 1 unspecified atom stereocenters. The van der Waals surface area contributed by atoms with E-state index < -0.39 is 0 Å². The van der Waals surface area contributed by atoms with Gasteiger partial charge in [0.1, 0.15) is 0 Å². The Hall–Kier alpha value is 0.01000. The first-order valence-corrected chi connectivity index (χ1v) is 6.15. The van der Waals surface area contributed by atoms with Gasteiger partial charge in [0.25, 0.3) is 0 Å². The fourth-order valence-electron chi connectivity index (χ4n) is 0.931. The van der Waals surface area contributed by atoms with Crippen molar-refractivity contribution in [2.75, 3.05) is 6.54 Å². The molecule has 1 rings (SSSR count). The largest absolute Gasteiger partial charge is 0.330 e. The molecular weight excluding hydrogens is 186 g/mol. The predicted octanol–water partition coefficient (Wildman–Crippen LogP) is 2.72. The van der Waals surface area contributed by atoms with Gasteiger partial charge in [-0.15, -0.1) is 0 Å². The summed E-state index contributed by atoms with van der Waals surface area (Å²) in [7, 11) is 0. The molecule has 0 bridgehead atoms. The maximum atomic E-state index is 5.47. The first-order chi connectivity index (χ1) is 5.83. The molecule has 1 atom stereocenters. The van der Waals surface area contributed by atoms with E-state index in [1.54, 1.807) is 11.3 Å². The molecule has 3 heteroatoms. The highest BCUT2D eigenvalue weighted by Gasteiger charge is 2.01. The van der Waals surface area contributed by atoms with Gasteiger partial charge >= 0.3 is 0 Å². The molecule has 68 valence electrons. The van der Waals surface area contributed by atoms with E-state index in [0.29, 0.717) is 5.25 Å². The smallest absolute Gasteiger partial charge is 0.0195 e. The van der Waals surface area contributed by atoms with E-state index >= 15 is 0 Å². The molecule has 0 saturated carbocycles. The number of nitrogens with two attached hydrogens (primary N) is 1. The quantitative estimate of drug-likeness (QED) is 0.792. The Morgan fingerprint density at radius 3 is 3.08 bits per heavy atom. The molecule has 0 aromatic carbocycles.